The topological polar surface area (TPSA) is 32.3 Å². The van der Waals surface area contributed by atoms with Gasteiger partial charge in [-0.2, -0.15) is 0 Å². The van der Waals surface area contributed by atoms with Gasteiger partial charge in [0, 0.05) is 12.6 Å². The number of rotatable bonds is 5. The summed E-state index contributed by atoms with van der Waals surface area (Å²) in [5.74, 6) is 0.553. The molecule has 0 bridgehead atoms. The largest absolute Gasteiger partial charge is 0.389 e. The van der Waals surface area contributed by atoms with Crippen molar-refractivity contribution in [3.8, 4) is 0 Å². The van der Waals surface area contributed by atoms with Gasteiger partial charge in [-0.3, -0.25) is 0 Å². The molecule has 0 aliphatic heterocycles. The summed E-state index contributed by atoms with van der Waals surface area (Å²) in [6.07, 6.45) is 5.99. The molecule has 0 radical (unpaired) electrons. The summed E-state index contributed by atoms with van der Waals surface area (Å²) in [6.45, 7) is 11.7. The van der Waals surface area contributed by atoms with Crippen LogP contribution in [-0.4, -0.2) is 23.3 Å². The maximum atomic E-state index is 10.3. The number of hydrogen-bond donors (Lipinski definition) is 2. The molecular weight excluding hydrogens is 210 g/mol. The first-order chi connectivity index (χ1) is 7.70. The van der Waals surface area contributed by atoms with Crippen LogP contribution in [-0.2, 0) is 0 Å². The minimum Gasteiger partial charge on any atom is -0.389 e. The lowest BCUT2D eigenvalue weighted by molar-refractivity contribution is 0.0329. The molecule has 2 nitrogen and oxygen atoms in total. The molecular formula is C15H31NO. The Morgan fingerprint density at radius 3 is 2.29 bits per heavy atom. The summed E-state index contributed by atoms with van der Waals surface area (Å²) in [5, 5.41) is 13.8. The monoisotopic (exact) mass is 241 g/mol. The van der Waals surface area contributed by atoms with Gasteiger partial charge in [0.2, 0.25) is 0 Å². The second-order valence-electron chi connectivity index (χ2n) is 7.41. The van der Waals surface area contributed by atoms with Crippen molar-refractivity contribution in [3.05, 3.63) is 0 Å². The molecule has 102 valence electrons. The Morgan fingerprint density at radius 1 is 1.29 bits per heavy atom. The van der Waals surface area contributed by atoms with Gasteiger partial charge in [0.25, 0.3) is 0 Å². The third-order valence-corrected chi connectivity index (χ3v) is 3.96. The Bertz CT molecular complexity index is 223. The molecule has 1 unspecified atom stereocenters. The molecule has 0 aromatic carbocycles. The molecule has 0 aromatic rings. The fraction of sp³-hybridized carbons (Fsp3) is 1.00. The summed E-state index contributed by atoms with van der Waals surface area (Å²) >= 11 is 0. The predicted molar refractivity (Wildman–Crippen MR) is 74.1 cm³/mol. The highest BCUT2D eigenvalue weighted by Gasteiger charge is 2.28. The van der Waals surface area contributed by atoms with Gasteiger partial charge in [-0.15, -0.1) is 0 Å². The SMILES string of the molecule is CC(C)CC(C)(O)CNC1CCC(C)(C)CC1. The lowest BCUT2D eigenvalue weighted by Crippen LogP contribution is -2.45. The lowest BCUT2D eigenvalue weighted by Gasteiger charge is -2.36. The Labute approximate surface area is 107 Å². The van der Waals surface area contributed by atoms with Crippen LogP contribution in [0.3, 0.4) is 0 Å². The van der Waals surface area contributed by atoms with Crippen molar-refractivity contribution >= 4 is 0 Å². The van der Waals surface area contributed by atoms with E-state index in [2.05, 4.69) is 33.0 Å². The van der Waals surface area contributed by atoms with Crippen LogP contribution < -0.4 is 5.32 Å². The Kier molecular flexibility index (Phi) is 5.03. The van der Waals surface area contributed by atoms with E-state index in [-0.39, 0.29) is 0 Å². The van der Waals surface area contributed by atoms with E-state index in [1.165, 1.54) is 25.7 Å². The number of nitrogens with one attached hydrogen (secondary N) is 1. The third kappa shape index (κ3) is 5.87. The van der Waals surface area contributed by atoms with E-state index in [0.29, 0.717) is 17.4 Å². The van der Waals surface area contributed by atoms with Crippen molar-refractivity contribution in [1.29, 1.82) is 0 Å². The number of hydrogen-bond acceptors (Lipinski definition) is 2. The van der Waals surface area contributed by atoms with Crippen LogP contribution in [0.15, 0.2) is 0 Å². The summed E-state index contributed by atoms with van der Waals surface area (Å²) < 4.78 is 0. The zero-order chi connectivity index (χ0) is 13.1. The van der Waals surface area contributed by atoms with Crippen LogP contribution in [0.5, 0.6) is 0 Å². The fourth-order valence-electron chi connectivity index (χ4n) is 2.92. The second-order valence-corrected chi connectivity index (χ2v) is 7.41. The van der Waals surface area contributed by atoms with E-state index >= 15 is 0 Å². The van der Waals surface area contributed by atoms with Crippen molar-refractivity contribution < 1.29 is 5.11 Å². The number of aliphatic hydroxyl groups is 1. The van der Waals surface area contributed by atoms with Crippen LogP contribution in [0.4, 0.5) is 0 Å². The van der Waals surface area contributed by atoms with Crippen LogP contribution in [0.2, 0.25) is 0 Å². The highest BCUT2D eigenvalue weighted by Crippen LogP contribution is 2.35. The molecule has 0 spiro atoms. The van der Waals surface area contributed by atoms with Gasteiger partial charge in [0.05, 0.1) is 5.60 Å². The normalized spacial score (nSPS) is 24.9. The van der Waals surface area contributed by atoms with E-state index < -0.39 is 5.60 Å². The quantitative estimate of drug-likeness (QED) is 0.773. The van der Waals surface area contributed by atoms with E-state index in [4.69, 9.17) is 0 Å². The zero-order valence-corrected chi connectivity index (χ0v) is 12.3. The molecule has 1 saturated carbocycles. The average Bonchev–Trinajstić information content (AvgIpc) is 2.14. The standard InChI is InChI=1S/C15H31NO/c1-12(2)10-15(5,17)11-16-13-6-8-14(3,4)9-7-13/h12-13,16-17H,6-11H2,1-5H3. The van der Waals surface area contributed by atoms with Crippen LogP contribution >= 0.6 is 0 Å². The maximum Gasteiger partial charge on any atom is 0.0746 e. The summed E-state index contributed by atoms with van der Waals surface area (Å²) in [6, 6.07) is 0.613. The fourth-order valence-corrected chi connectivity index (χ4v) is 2.92. The molecule has 0 saturated heterocycles. The van der Waals surface area contributed by atoms with Crippen molar-refractivity contribution in [1.82, 2.24) is 5.32 Å². The zero-order valence-electron chi connectivity index (χ0n) is 12.3. The molecule has 1 aliphatic carbocycles. The molecule has 1 atom stereocenters. The molecule has 1 fully saturated rings. The van der Waals surface area contributed by atoms with Gasteiger partial charge in [0.1, 0.15) is 0 Å². The van der Waals surface area contributed by atoms with Crippen molar-refractivity contribution in [3.63, 3.8) is 0 Å². The van der Waals surface area contributed by atoms with Crippen molar-refractivity contribution in [2.75, 3.05) is 6.54 Å². The van der Waals surface area contributed by atoms with Gasteiger partial charge < -0.3 is 10.4 Å². The summed E-state index contributed by atoms with van der Waals surface area (Å²) in [5.41, 5.74) is -0.0280. The highest BCUT2D eigenvalue weighted by molar-refractivity contribution is 4.85. The van der Waals surface area contributed by atoms with E-state index in [0.717, 1.165) is 13.0 Å². The van der Waals surface area contributed by atoms with Gasteiger partial charge in [-0.05, 0) is 50.4 Å². The molecule has 2 heteroatoms. The Balaban J connectivity index is 2.27. The third-order valence-electron chi connectivity index (χ3n) is 3.96. The molecule has 0 heterocycles. The highest BCUT2D eigenvalue weighted by atomic mass is 16.3. The van der Waals surface area contributed by atoms with Gasteiger partial charge >= 0.3 is 0 Å². The molecule has 0 aromatic heterocycles. The lowest BCUT2D eigenvalue weighted by atomic mass is 9.75. The van der Waals surface area contributed by atoms with E-state index in [1.54, 1.807) is 0 Å². The molecule has 2 N–H and O–H groups in total. The molecule has 1 rings (SSSR count). The van der Waals surface area contributed by atoms with Gasteiger partial charge in [-0.25, -0.2) is 0 Å². The van der Waals surface area contributed by atoms with Gasteiger partial charge in [-0.1, -0.05) is 27.7 Å². The summed E-state index contributed by atoms with van der Waals surface area (Å²) in [7, 11) is 0. The minimum atomic E-state index is -0.554. The second kappa shape index (κ2) is 5.71. The smallest absolute Gasteiger partial charge is 0.0746 e. The molecule has 17 heavy (non-hydrogen) atoms. The predicted octanol–water partition coefficient (Wildman–Crippen LogP) is 3.34. The average molecular weight is 241 g/mol. The first-order valence-electron chi connectivity index (χ1n) is 7.16. The van der Waals surface area contributed by atoms with Crippen molar-refractivity contribution in [2.45, 2.75) is 78.4 Å². The maximum absolute atomic E-state index is 10.3. The van der Waals surface area contributed by atoms with Gasteiger partial charge in [0.15, 0.2) is 0 Å². The van der Waals surface area contributed by atoms with Crippen LogP contribution in [0, 0.1) is 11.3 Å². The summed E-state index contributed by atoms with van der Waals surface area (Å²) in [4.78, 5) is 0. The van der Waals surface area contributed by atoms with Crippen molar-refractivity contribution in [2.24, 2.45) is 11.3 Å². The Hall–Kier alpha value is -0.0800. The van der Waals surface area contributed by atoms with E-state index in [1.807, 2.05) is 6.92 Å². The minimum absolute atomic E-state index is 0.526. The first kappa shape index (κ1) is 15.0. The molecule has 0 amide bonds. The van der Waals surface area contributed by atoms with Crippen LogP contribution in [0.1, 0.15) is 66.7 Å². The van der Waals surface area contributed by atoms with E-state index in [9.17, 15) is 5.11 Å². The molecule has 1 aliphatic rings. The first-order valence-corrected chi connectivity index (χ1v) is 7.16. The van der Waals surface area contributed by atoms with Crippen LogP contribution in [0.25, 0.3) is 0 Å². The Morgan fingerprint density at radius 2 is 1.82 bits per heavy atom.